The third-order valence-electron chi connectivity index (χ3n) is 5.46. The van der Waals surface area contributed by atoms with Crippen LogP contribution in [-0.4, -0.2) is 38.2 Å². The van der Waals surface area contributed by atoms with E-state index < -0.39 is 22.7 Å². The van der Waals surface area contributed by atoms with Gasteiger partial charge in [0.25, 0.3) is 17.4 Å². The normalized spacial score (nSPS) is 17.1. The molecule has 4 rings (SSSR count). The summed E-state index contributed by atoms with van der Waals surface area (Å²) in [5, 5.41) is 22.6. The molecule has 2 aromatic carbocycles. The number of aromatic nitrogens is 1. The third-order valence-corrected chi connectivity index (χ3v) is 5.46. The Balaban J connectivity index is 1.88. The van der Waals surface area contributed by atoms with Crippen LogP contribution in [0.15, 0.2) is 78.6 Å². The van der Waals surface area contributed by atoms with Gasteiger partial charge in [-0.05, 0) is 42.3 Å². The number of ketones is 1. The number of non-ortho nitro benzene ring substituents is 1. The molecule has 2 heterocycles. The lowest BCUT2D eigenvalue weighted by molar-refractivity contribution is -0.384. The van der Waals surface area contributed by atoms with Gasteiger partial charge in [0.05, 0.1) is 23.1 Å². The van der Waals surface area contributed by atoms with Crippen molar-refractivity contribution < 1.29 is 24.4 Å². The van der Waals surface area contributed by atoms with Crippen molar-refractivity contribution in [3.05, 3.63) is 105 Å². The zero-order chi connectivity index (χ0) is 24.2. The molecule has 0 aliphatic carbocycles. The van der Waals surface area contributed by atoms with Crippen LogP contribution in [0.1, 0.15) is 29.7 Å². The monoisotopic (exact) mass is 459 g/mol. The summed E-state index contributed by atoms with van der Waals surface area (Å²) in [5.74, 6) is -1.57. The molecule has 9 nitrogen and oxygen atoms in total. The number of carbonyl (C=O) groups excluding carboxylic acids is 2. The van der Waals surface area contributed by atoms with Gasteiger partial charge in [0, 0.05) is 36.6 Å². The fourth-order valence-corrected chi connectivity index (χ4v) is 3.94. The van der Waals surface area contributed by atoms with Crippen LogP contribution in [0.3, 0.4) is 0 Å². The lowest BCUT2D eigenvalue weighted by atomic mass is 9.94. The number of nitro benzene ring substituents is 1. The van der Waals surface area contributed by atoms with Crippen molar-refractivity contribution in [2.24, 2.45) is 0 Å². The number of amides is 1. The molecular weight excluding hydrogens is 438 g/mol. The lowest BCUT2D eigenvalue weighted by Gasteiger charge is -2.25. The van der Waals surface area contributed by atoms with E-state index in [2.05, 4.69) is 4.98 Å². The Kier molecular flexibility index (Phi) is 6.35. The van der Waals surface area contributed by atoms with E-state index in [1.54, 1.807) is 54.9 Å². The maximum atomic E-state index is 13.1. The average molecular weight is 459 g/mol. The number of likely N-dealkylation sites (tertiary alicyclic amines) is 1. The van der Waals surface area contributed by atoms with Crippen LogP contribution in [0.25, 0.3) is 5.76 Å². The van der Waals surface area contributed by atoms with Crippen molar-refractivity contribution in [3.63, 3.8) is 0 Å². The van der Waals surface area contributed by atoms with Gasteiger partial charge in [-0.3, -0.25) is 24.7 Å². The zero-order valence-electron chi connectivity index (χ0n) is 18.2. The first-order valence-electron chi connectivity index (χ1n) is 10.6. The minimum Gasteiger partial charge on any atom is -0.507 e. The smallest absolute Gasteiger partial charge is 0.295 e. The molecular formula is C25H21N3O6. The van der Waals surface area contributed by atoms with E-state index in [1.807, 2.05) is 6.92 Å². The molecule has 1 N–H and O–H groups in total. The number of benzene rings is 2. The van der Waals surface area contributed by atoms with E-state index in [9.17, 15) is 24.8 Å². The molecule has 1 fully saturated rings. The van der Waals surface area contributed by atoms with E-state index in [4.69, 9.17) is 4.74 Å². The second-order valence-corrected chi connectivity index (χ2v) is 7.60. The van der Waals surface area contributed by atoms with Gasteiger partial charge in [-0.2, -0.15) is 0 Å². The van der Waals surface area contributed by atoms with E-state index in [0.29, 0.717) is 29.0 Å². The molecule has 9 heteroatoms. The third kappa shape index (κ3) is 4.36. The highest BCUT2D eigenvalue weighted by Gasteiger charge is 2.46. The zero-order valence-corrected chi connectivity index (χ0v) is 18.2. The summed E-state index contributed by atoms with van der Waals surface area (Å²) in [6.45, 7) is 2.28. The molecule has 34 heavy (non-hydrogen) atoms. The standard InChI is InChI=1S/C25H21N3O6/c1-2-34-20-8-4-6-18(14-20)23(29)21-22(17-5-3-7-19(13-17)28(32)33)27(25(31)24(21)30)15-16-9-11-26-12-10-16/h3-14,22,29H,2,15H2,1H3/b23-21+. The Morgan fingerprint density at radius 2 is 1.85 bits per heavy atom. The molecule has 1 amide bonds. The van der Waals surface area contributed by atoms with Crippen LogP contribution in [-0.2, 0) is 16.1 Å². The van der Waals surface area contributed by atoms with Gasteiger partial charge in [-0.1, -0.05) is 24.3 Å². The number of ether oxygens (including phenoxy) is 1. The van der Waals surface area contributed by atoms with Gasteiger partial charge >= 0.3 is 0 Å². The van der Waals surface area contributed by atoms with Gasteiger partial charge in [-0.15, -0.1) is 0 Å². The predicted molar refractivity (Wildman–Crippen MR) is 123 cm³/mol. The Morgan fingerprint density at radius 1 is 1.12 bits per heavy atom. The molecule has 1 aromatic heterocycles. The number of aliphatic hydroxyl groups excluding tert-OH is 1. The van der Waals surface area contributed by atoms with Crippen LogP contribution in [0.2, 0.25) is 0 Å². The van der Waals surface area contributed by atoms with Gasteiger partial charge < -0.3 is 14.7 Å². The van der Waals surface area contributed by atoms with Crippen molar-refractivity contribution in [1.82, 2.24) is 9.88 Å². The Labute approximate surface area is 195 Å². The first-order valence-corrected chi connectivity index (χ1v) is 10.6. The van der Waals surface area contributed by atoms with Crippen molar-refractivity contribution in [3.8, 4) is 5.75 Å². The number of nitro groups is 1. The first kappa shape index (κ1) is 22.7. The molecule has 0 radical (unpaired) electrons. The van der Waals surface area contributed by atoms with E-state index in [1.165, 1.54) is 23.1 Å². The second kappa shape index (κ2) is 9.53. The molecule has 1 aliphatic heterocycles. The number of Topliss-reactive ketones (excluding diaryl/α,β-unsaturated/α-hetero) is 1. The number of rotatable bonds is 7. The summed E-state index contributed by atoms with van der Waals surface area (Å²) >= 11 is 0. The summed E-state index contributed by atoms with van der Waals surface area (Å²) in [4.78, 5) is 42.3. The molecule has 0 spiro atoms. The number of hydrogen-bond acceptors (Lipinski definition) is 7. The van der Waals surface area contributed by atoms with E-state index in [-0.39, 0.29) is 23.6 Å². The van der Waals surface area contributed by atoms with Crippen LogP contribution in [0, 0.1) is 10.1 Å². The maximum absolute atomic E-state index is 13.1. The van der Waals surface area contributed by atoms with Gasteiger partial charge in [-0.25, -0.2) is 0 Å². The van der Waals surface area contributed by atoms with Crippen molar-refractivity contribution in [1.29, 1.82) is 0 Å². The Morgan fingerprint density at radius 3 is 2.56 bits per heavy atom. The molecule has 1 atom stereocenters. The molecule has 0 bridgehead atoms. The number of pyridine rings is 1. The number of carbonyl (C=O) groups is 2. The molecule has 1 saturated heterocycles. The molecule has 1 aliphatic rings. The van der Waals surface area contributed by atoms with E-state index in [0.717, 1.165) is 0 Å². The average Bonchev–Trinajstić information content (AvgIpc) is 3.09. The number of aliphatic hydroxyl groups is 1. The minimum absolute atomic E-state index is 0.0518. The number of nitrogens with zero attached hydrogens (tertiary/aromatic N) is 3. The van der Waals surface area contributed by atoms with Crippen molar-refractivity contribution >= 4 is 23.1 Å². The Bertz CT molecular complexity index is 1290. The van der Waals surface area contributed by atoms with Crippen LogP contribution >= 0.6 is 0 Å². The fourth-order valence-electron chi connectivity index (χ4n) is 3.94. The maximum Gasteiger partial charge on any atom is 0.295 e. The lowest BCUT2D eigenvalue weighted by Crippen LogP contribution is -2.29. The largest absolute Gasteiger partial charge is 0.507 e. The van der Waals surface area contributed by atoms with E-state index >= 15 is 0 Å². The van der Waals surface area contributed by atoms with Gasteiger partial charge in [0.1, 0.15) is 11.5 Å². The highest BCUT2D eigenvalue weighted by molar-refractivity contribution is 6.46. The summed E-state index contributed by atoms with van der Waals surface area (Å²) < 4.78 is 5.48. The summed E-state index contributed by atoms with van der Waals surface area (Å²) in [7, 11) is 0. The molecule has 0 saturated carbocycles. The summed E-state index contributed by atoms with van der Waals surface area (Å²) in [6.07, 6.45) is 3.13. The topological polar surface area (TPSA) is 123 Å². The van der Waals surface area contributed by atoms with Crippen molar-refractivity contribution in [2.45, 2.75) is 19.5 Å². The minimum atomic E-state index is -1.02. The van der Waals surface area contributed by atoms with Crippen molar-refractivity contribution in [2.75, 3.05) is 6.61 Å². The quantitative estimate of drug-likeness (QED) is 0.186. The number of hydrogen-bond donors (Lipinski definition) is 1. The van der Waals surface area contributed by atoms with Crippen LogP contribution in [0.4, 0.5) is 5.69 Å². The SMILES string of the molecule is CCOc1cccc(/C(O)=C2\C(=O)C(=O)N(Cc3ccncc3)C2c2cccc([N+](=O)[O-])c2)c1. The van der Waals surface area contributed by atoms with Gasteiger partial charge in [0.2, 0.25) is 0 Å². The molecule has 1 unspecified atom stereocenters. The summed E-state index contributed by atoms with van der Waals surface area (Å²) in [6, 6.07) is 14.6. The molecule has 172 valence electrons. The highest BCUT2D eigenvalue weighted by atomic mass is 16.6. The summed E-state index contributed by atoms with van der Waals surface area (Å²) in [5.41, 5.74) is 1.01. The van der Waals surface area contributed by atoms with Crippen LogP contribution in [0.5, 0.6) is 5.75 Å². The first-order chi connectivity index (χ1) is 16.4. The highest BCUT2D eigenvalue weighted by Crippen LogP contribution is 2.41. The second-order valence-electron chi connectivity index (χ2n) is 7.60. The van der Waals surface area contributed by atoms with Gasteiger partial charge in [0.15, 0.2) is 0 Å². The predicted octanol–water partition coefficient (Wildman–Crippen LogP) is 4.01. The Hall–Kier alpha value is -4.53. The van der Waals surface area contributed by atoms with Crippen LogP contribution < -0.4 is 4.74 Å². The fraction of sp³-hybridized carbons (Fsp3) is 0.160. The molecule has 3 aromatic rings.